The summed E-state index contributed by atoms with van der Waals surface area (Å²) in [5.41, 5.74) is 7.75. The number of allylic oxidation sites excluding steroid dienone is 1. The number of likely N-dealkylation sites (N-methyl/N-ethyl adjacent to an activating group) is 1. The van der Waals surface area contributed by atoms with E-state index in [-0.39, 0.29) is 0 Å². The molecule has 0 saturated carbocycles. The molecule has 0 fully saturated rings. The summed E-state index contributed by atoms with van der Waals surface area (Å²) in [6, 6.07) is 12.3. The highest BCUT2D eigenvalue weighted by Gasteiger charge is 2.20. The third kappa shape index (κ3) is 2.89. The molecule has 0 amide bonds. The molecule has 2 aromatic carbocycles. The lowest BCUT2D eigenvalue weighted by atomic mass is 9.97. The summed E-state index contributed by atoms with van der Waals surface area (Å²) in [5, 5.41) is 0.545. The van der Waals surface area contributed by atoms with Crippen LogP contribution in [0.2, 0.25) is 0 Å². The lowest BCUT2D eigenvalue weighted by Gasteiger charge is -2.28. The maximum absolute atomic E-state index is 12.9. The van der Waals surface area contributed by atoms with Crippen molar-refractivity contribution in [2.24, 2.45) is 0 Å². The Kier molecular flexibility index (Phi) is 3.96. The van der Waals surface area contributed by atoms with Crippen LogP contribution in [0.4, 0.5) is 5.69 Å². The molecule has 4 rings (SSSR count). The number of aromatic nitrogens is 2. The zero-order valence-electron chi connectivity index (χ0n) is 14.7. The summed E-state index contributed by atoms with van der Waals surface area (Å²) >= 11 is 0. The number of para-hydroxylation sites is 1. The fourth-order valence-corrected chi connectivity index (χ4v) is 4.45. The largest absolute Gasteiger partial charge is 0.370 e. The van der Waals surface area contributed by atoms with Gasteiger partial charge in [0.05, 0.1) is 27.6 Å². The molecule has 1 aromatic heterocycles. The maximum atomic E-state index is 12.9. The standard InChI is InChI=1S/C20H21N3OS/c1-13-7-8-17-18(11-13)22-20(21-17)25(24)12-15-5-4-6-16-14(2)9-10-23(3)19(15)16/h4-9,11H,10,12H2,1-3H3,(H,21,22). The number of fused-ring (bicyclic) bond motifs is 2. The number of aromatic amines is 1. The van der Waals surface area contributed by atoms with Gasteiger partial charge in [0.2, 0.25) is 0 Å². The summed E-state index contributed by atoms with van der Waals surface area (Å²) in [6.45, 7) is 5.05. The van der Waals surface area contributed by atoms with Crippen molar-refractivity contribution < 1.29 is 4.21 Å². The van der Waals surface area contributed by atoms with E-state index in [0.29, 0.717) is 10.9 Å². The molecule has 1 aliphatic heterocycles. The van der Waals surface area contributed by atoms with E-state index in [0.717, 1.165) is 28.7 Å². The highest BCUT2D eigenvalue weighted by atomic mass is 32.2. The third-order valence-corrected chi connectivity index (χ3v) is 5.91. The van der Waals surface area contributed by atoms with Crippen LogP contribution in [0.1, 0.15) is 23.6 Å². The Labute approximate surface area is 150 Å². The van der Waals surface area contributed by atoms with Crippen molar-refractivity contribution in [3.8, 4) is 0 Å². The van der Waals surface area contributed by atoms with E-state index in [1.807, 2.05) is 31.2 Å². The van der Waals surface area contributed by atoms with Crippen molar-refractivity contribution in [3.05, 3.63) is 59.2 Å². The number of H-pyrrole nitrogens is 1. The van der Waals surface area contributed by atoms with Gasteiger partial charge in [-0.3, -0.25) is 4.21 Å². The predicted molar refractivity (Wildman–Crippen MR) is 104 cm³/mol. The van der Waals surface area contributed by atoms with Gasteiger partial charge in [-0.1, -0.05) is 30.3 Å². The number of nitrogens with one attached hydrogen (secondary N) is 1. The van der Waals surface area contributed by atoms with E-state index in [1.54, 1.807) is 0 Å². The first-order chi connectivity index (χ1) is 12.0. The number of rotatable bonds is 3. The molecule has 128 valence electrons. The second-order valence-electron chi connectivity index (χ2n) is 6.63. The van der Waals surface area contributed by atoms with E-state index < -0.39 is 10.8 Å². The third-order valence-electron chi connectivity index (χ3n) is 4.72. The summed E-state index contributed by atoms with van der Waals surface area (Å²) in [6.07, 6.45) is 2.23. The molecule has 0 bridgehead atoms. The van der Waals surface area contributed by atoms with Crippen LogP contribution in [0.15, 0.2) is 47.6 Å². The second kappa shape index (κ2) is 6.15. The second-order valence-corrected chi connectivity index (χ2v) is 8.00. The van der Waals surface area contributed by atoms with Crippen molar-refractivity contribution in [2.75, 3.05) is 18.5 Å². The smallest absolute Gasteiger partial charge is 0.197 e. The summed E-state index contributed by atoms with van der Waals surface area (Å²) in [5.74, 6) is 0.458. The molecular weight excluding hydrogens is 330 g/mol. The van der Waals surface area contributed by atoms with Crippen molar-refractivity contribution >= 4 is 33.1 Å². The van der Waals surface area contributed by atoms with Gasteiger partial charge in [-0.15, -0.1) is 0 Å². The Morgan fingerprint density at radius 1 is 1.24 bits per heavy atom. The van der Waals surface area contributed by atoms with E-state index in [9.17, 15) is 4.21 Å². The molecule has 0 aliphatic carbocycles. The lowest BCUT2D eigenvalue weighted by molar-refractivity contribution is 0.677. The van der Waals surface area contributed by atoms with Crippen LogP contribution in [0.25, 0.3) is 16.6 Å². The van der Waals surface area contributed by atoms with Crippen molar-refractivity contribution in [1.82, 2.24) is 9.97 Å². The minimum Gasteiger partial charge on any atom is -0.370 e. The number of imidazole rings is 1. The number of anilines is 1. The van der Waals surface area contributed by atoms with Gasteiger partial charge in [-0.05, 0) is 42.7 Å². The van der Waals surface area contributed by atoms with Crippen LogP contribution in [0.3, 0.4) is 0 Å². The monoisotopic (exact) mass is 351 g/mol. The van der Waals surface area contributed by atoms with Crippen LogP contribution in [0, 0.1) is 6.92 Å². The van der Waals surface area contributed by atoms with Gasteiger partial charge in [-0.25, -0.2) is 4.98 Å². The molecule has 0 radical (unpaired) electrons. The van der Waals surface area contributed by atoms with Gasteiger partial charge in [0.25, 0.3) is 0 Å². The Bertz CT molecular complexity index is 1020. The molecule has 1 aliphatic rings. The summed E-state index contributed by atoms with van der Waals surface area (Å²) < 4.78 is 12.9. The van der Waals surface area contributed by atoms with Crippen LogP contribution in [-0.2, 0) is 16.6 Å². The fourth-order valence-electron chi connectivity index (χ4n) is 3.37. The van der Waals surface area contributed by atoms with E-state index in [4.69, 9.17) is 0 Å². The highest BCUT2D eigenvalue weighted by Crippen LogP contribution is 2.34. The molecule has 25 heavy (non-hydrogen) atoms. The maximum Gasteiger partial charge on any atom is 0.197 e. The predicted octanol–water partition coefficient (Wildman–Crippen LogP) is 4.03. The SMILES string of the molecule is CC1=CCN(C)c2c(CS(=O)c3nc4ccc(C)cc4[nH]3)cccc21. The molecule has 5 heteroatoms. The van der Waals surface area contributed by atoms with E-state index in [2.05, 4.69) is 47.0 Å². The van der Waals surface area contributed by atoms with Crippen LogP contribution >= 0.6 is 0 Å². The molecule has 3 aromatic rings. The average Bonchev–Trinajstić information content (AvgIpc) is 3.01. The Morgan fingerprint density at radius 3 is 2.92 bits per heavy atom. The minimum atomic E-state index is -1.21. The van der Waals surface area contributed by atoms with Crippen molar-refractivity contribution in [1.29, 1.82) is 0 Å². The Hall–Kier alpha value is -2.40. The molecule has 2 heterocycles. The van der Waals surface area contributed by atoms with Crippen LogP contribution in [-0.4, -0.2) is 27.8 Å². The number of aryl methyl sites for hydroxylation is 1. The number of benzene rings is 2. The topological polar surface area (TPSA) is 49.0 Å². The first-order valence-electron chi connectivity index (χ1n) is 8.38. The summed E-state index contributed by atoms with van der Waals surface area (Å²) in [7, 11) is 0.871. The molecule has 0 spiro atoms. The minimum absolute atomic E-state index is 0.458. The Morgan fingerprint density at radius 2 is 2.08 bits per heavy atom. The van der Waals surface area contributed by atoms with E-state index in [1.165, 1.54) is 16.8 Å². The number of hydrogen-bond acceptors (Lipinski definition) is 3. The normalized spacial score (nSPS) is 15.2. The highest BCUT2D eigenvalue weighted by molar-refractivity contribution is 7.84. The van der Waals surface area contributed by atoms with Gasteiger partial charge in [-0.2, -0.15) is 0 Å². The first-order valence-corrected chi connectivity index (χ1v) is 9.70. The Balaban J connectivity index is 1.69. The molecular formula is C20H21N3OS. The molecule has 1 atom stereocenters. The number of nitrogens with zero attached hydrogens (tertiary/aromatic N) is 2. The average molecular weight is 351 g/mol. The molecule has 0 saturated heterocycles. The molecule has 4 nitrogen and oxygen atoms in total. The van der Waals surface area contributed by atoms with Crippen LogP contribution in [0.5, 0.6) is 0 Å². The first kappa shape index (κ1) is 16.1. The number of hydrogen-bond donors (Lipinski definition) is 1. The zero-order valence-corrected chi connectivity index (χ0v) is 15.5. The fraction of sp³-hybridized carbons (Fsp3) is 0.250. The van der Waals surface area contributed by atoms with Crippen molar-refractivity contribution in [2.45, 2.75) is 24.8 Å². The molecule has 1 unspecified atom stereocenters. The van der Waals surface area contributed by atoms with Gasteiger partial charge in [0.15, 0.2) is 5.16 Å². The zero-order chi connectivity index (χ0) is 17.6. The van der Waals surface area contributed by atoms with E-state index >= 15 is 0 Å². The van der Waals surface area contributed by atoms with Gasteiger partial charge in [0.1, 0.15) is 0 Å². The van der Waals surface area contributed by atoms with Gasteiger partial charge < -0.3 is 9.88 Å². The lowest BCUT2D eigenvalue weighted by Crippen LogP contribution is -2.23. The molecule has 1 N–H and O–H groups in total. The van der Waals surface area contributed by atoms with Crippen LogP contribution < -0.4 is 4.90 Å². The van der Waals surface area contributed by atoms with Crippen molar-refractivity contribution in [3.63, 3.8) is 0 Å². The quantitative estimate of drug-likeness (QED) is 0.775. The summed E-state index contributed by atoms with van der Waals surface area (Å²) in [4.78, 5) is 9.95. The van der Waals surface area contributed by atoms with Gasteiger partial charge >= 0.3 is 0 Å². The van der Waals surface area contributed by atoms with Gasteiger partial charge in [0, 0.05) is 24.8 Å².